The van der Waals surface area contributed by atoms with Crippen molar-refractivity contribution in [2.75, 3.05) is 33.2 Å². The summed E-state index contributed by atoms with van der Waals surface area (Å²) >= 11 is 0. The monoisotopic (exact) mass is 410 g/mol. The molecule has 1 N–H and O–H groups in total. The van der Waals surface area contributed by atoms with Crippen LogP contribution in [0.15, 0.2) is 0 Å². The fourth-order valence-corrected chi connectivity index (χ4v) is 2.35. The number of ether oxygens (including phenoxy) is 4. The predicted octanol–water partition coefficient (Wildman–Crippen LogP) is 2.00. The maximum absolute atomic E-state index is 10.8. The molecule has 0 saturated heterocycles. The van der Waals surface area contributed by atoms with Gasteiger partial charge in [0.25, 0.3) is 0 Å². The van der Waals surface area contributed by atoms with E-state index in [1.165, 1.54) is 0 Å². The van der Waals surface area contributed by atoms with Gasteiger partial charge in [-0.05, 0) is 40.5 Å². The van der Waals surface area contributed by atoms with E-state index in [1.807, 2.05) is 27.7 Å². The van der Waals surface area contributed by atoms with Crippen LogP contribution >= 0.6 is 0 Å². The minimum atomic E-state index is -2.42. The van der Waals surface area contributed by atoms with Crippen LogP contribution in [0.4, 0.5) is 0 Å². The lowest BCUT2D eigenvalue weighted by Gasteiger charge is -2.31. The van der Waals surface area contributed by atoms with Crippen LogP contribution in [0.25, 0.3) is 0 Å². The average Bonchev–Trinajstić information content (AvgIpc) is 2.56. The quantitative estimate of drug-likeness (QED) is 0.165. The fourth-order valence-electron chi connectivity index (χ4n) is 2.35. The molecule has 0 aromatic rings. The van der Waals surface area contributed by atoms with Crippen LogP contribution < -0.4 is 0 Å². The second-order valence-electron chi connectivity index (χ2n) is 7.62. The van der Waals surface area contributed by atoms with Crippen molar-refractivity contribution in [3.8, 4) is 0 Å². The Kier molecular flexibility index (Phi) is 12.3. The van der Waals surface area contributed by atoms with Gasteiger partial charge in [-0.25, -0.2) is 0 Å². The molecule has 0 rings (SSSR count). The van der Waals surface area contributed by atoms with Crippen molar-refractivity contribution < 1.29 is 33.9 Å². The van der Waals surface area contributed by atoms with Crippen LogP contribution in [0, 0.1) is 20.2 Å². The van der Waals surface area contributed by atoms with Crippen molar-refractivity contribution in [3.63, 3.8) is 0 Å². The van der Waals surface area contributed by atoms with Crippen LogP contribution in [0.3, 0.4) is 0 Å². The molecular weight excluding hydrogens is 376 g/mol. The SMILES string of the molecule is CC(C)OC(COCOCC(C)([N+](=O)[O-])[N+](=O)[O-])CC(C)(C)OCCCCO. The lowest BCUT2D eigenvalue weighted by atomic mass is 10.0. The predicted molar refractivity (Wildman–Crippen MR) is 100 cm³/mol. The van der Waals surface area contributed by atoms with Crippen molar-refractivity contribution in [2.45, 2.75) is 77.4 Å². The van der Waals surface area contributed by atoms with E-state index in [2.05, 4.69) is 0 Å². The van der Waals surface area contributed by atoms with Crippen LogP contribution in [-0.2, 0) is 18.9 Å². The minimum Gasteiger partial charge on any atom is -0.396 e. The van der Waals surface area contributed by atoms with Crippen molar-refractivity contribution in [1.29, 1.82) is 0 Å². The molecule has 0 radical (unpaired) electrons. The zero-order chi connectivity index (χ0) is 21.8. The van der Waals surface area contributed by atoms with E-state index in [-0.39, 0.29) is 32.2 Å². The Labute approximate surface area is 165 Å². The lowest BCUT2D eigenvalue weighted by molar-refractivity contribution is -0.794. The zero-order valence-corrected chi connectivity index (χ0v) is 17.4. The van der Waals surface area contributed by atoms with Crippen molar-refractivity contribution in [1.82, 2.24) is 0 Å². The van der Waals surface area contributed by atoms with Crippen molar-refractivity contribution >= 4 is 0 Å². The molecular formula is C17H34N2O9. The third-order valence-electron chi connectivity index (χ3n) is 3.86. The van der Waals surface area contributed by atoms with E-state index in [0.29, 0.717) is 19.4 Å². The Balaban J connectivity index is 4.46. The Morgan fingerprint density at radius 2 is 1.64 bits per heavy atom. The number of aliphatic hydroxyl groups is 1. The molecule has 166 valence electrons. The second kappa shape index (κ2) is 12.9. The van der Waals surface area contributed by atoms with Gasteiger partial charge in [-0.15, -0.1) is 0 Å². The van der Waals surface area contributed by atoms with Gasteiger partial charge in [0.15, 0.2) is 6.61 Å². The summed E-state index contributed by atoms with van der Waals surface area (Å²) in [6, 6.07) is 0. The smallest absolute Gasteiger partial charge is 0.396 e. The van der Waals surface area contributed by atoms with Gasteiger partial charge in [0, 0.05) is 19.6 Å². The molecule has 0 aliphatic heterocycles. The van der Waals surface area contributed by atoms with E-state index >= 15 is 0 Å². The molecule has 0 aromatic heterocycles. The number of unbranched alkanes of at least 4 members (excludes halogenated alkanes) is 1. The van der Waals surface area contributed by atoms with Crippen molar-refractivity contribution in [3.05, 3.63) is 20.2 Å². The Bertz CT molecular complexity index is 458. The molecule has 0 fully saturated rings. The molecule has 0 heterocycles. The highest BCUT2D eigenvalue weighted by Crippen LogP contribution is 2.20. The third-order valence-corrected chi connectivity index (χ3v) is 3.86. The summed E-state index contributed by atoms with van der Waals surface area (Å²) in [5.41, 5.74) is -2.89. The summed E-state index contributed by atoms with van der Waals surface area (Å²) in [7, 11) is 0. The van der Waals surface area contributed by atoms with E-state index in [1.54, 1.807) is 0 Å². The molecule has 0 amide bonds. The zero-order valence-electron chi connectivity index (χ0n) is 17.4. The molecule has 1 atom stereocenters. The topological polar surface area (TPSA) is 143 Å². The van der Waals surface area contributed by atoms with Crippen LogP contribution in [0.2, 0.25) is 0 Å². The first-order valence-corrected chi connectivity index (χ1v) is 9.29. The van der Waals surface area contributed by atoms with Gasteiger partial charge in [0.05, 0.1) is 31.3 Å². The van der Waals surface area contributed by atoms with E-state index in [9.17, 15) is 20.2 Å². The van der Waals surface area contributed by atoms with Gasteiger partial charge in [-0.3, -0.25) is 20.2 Å². The standard InChI is InChI=1S/C17H34N2O9/c1-14(2)28-15(10-16(3,4)27-9-7-6-8-20)11-25-13-26-12-17(5,18(21)22)19(23)24/h14-15,20H,6-13H2,1-5H3. The third kappa shape index (κ3) is 10.8. The van der Waals surface area contributed by atoms with Gasteiger partial charge >= 0.3 is 5.66 Å². The highest BCUT2D eigenvalue weighted by Gasteiger charge is 2.51. The molecule has 0 bridgehead atoms. The van der Waals surface area contributed by atoms with Gasteiger partial charge in [-0.2, -0.15) is 0 Å². The molecule has 1 unspecified atom stereocenters. The molecule has 11 nitrogen and oxygen atoms in total. The largest absolute Gasteiger partial charge is 0.478 e. The van der Waals surface area contributed by atoms with Gasteiger partial charge in [0.2, 0.25) is 0 Å². The van der Waals surface area contributed by atoms with E-state index in [0.717, 1.165) is 13.3 Å². The number of hydrogen-bond donors (Lipinski definition) is 1. The Morgan fingerprint density at radius 1 is 1.04 bits per heavy atom. The molecule has 28 heavy (non-hydrogen) atoms. The van der Waals surface area contributed by atoms with Crippen LogP contribution in [0.5, 0.6) is 0 Å². The molecule has 0 aliphatic rings. The van der Waals surface area contributed by atoms with Gasteiger partial charge < -0.3 is 24.1 Å². The van der Waals surface area contributed by atoms with Gasteiger partial charge in [-0.1, -0.05) is 0 Å². The second-order valence-corrected chi connectivity index (χ2v) is 7.62. The Morgan fingerprint density at radius 3 is 2.14 bits per heavy atom. The summed E-state index contributed by atoms with van der Waals surface area (Å²) in [4.78, 5) is 19.7. The van der Waals surface area contributed by atoms with E-state index < -0.39 is 27.7 Å². The maximum atomic E-state index is 10.8. The lowest BCUT2D eigenvalue weighted by Crippen LogP contribution is -2.47. The van der Waals surface area contributed by atoms with Gasteiger partial charge in [0.1, 0.15) is 16.6 Å². The first kappa shape index (κ1) is 26.6. The fraction of sp³-hybridized carbons (Fsp3) is 1.00. The van der Waals surface area contributed by atoms with Crippen LogP contribution in [-0.4, -0.2) is 71.6 Å². The minimum absolute atomic E-state index is 0.0491. The van der Waals surface area contributed by atoms with Crippen molar-refractivity contribution in [2.24, 2.45) is 0 Å². The first-order valence-electron chi connectivity index (χ1n) is 9.29. The summed E-state index contributed by atoms with van der Waals surface area (Å²) in [6.45, 7) is 8.28. The average molecular weight is 410 g/mol. The normalized spacial score (nSPS) is 13.7. The number of rotatable bonds is 17. The molecule has 0 aliphatic carbocycles. The number of aliphatic hydroxyl groups excluding tert-OH is 1. The molecule has 0 saturated carbocycles. The molecule has 0 spiro atoms. The maximum Gasteiger partial charge on any atom is 0.478 e. The number of hydrogen-bond acceptors (Lipinski definition) is 9. The summed E-state index contributed by atoms with van der Waals surface area (Å²) in [6.07, 6.45) is 1.61. The highest BCUT2D eigenvalue weighted by atomic mass is 16.7. The van der Waals surface area contributed by atoms with Crippen LogP contribution in [0.1, 0.15) is 53.9 Å². The summed E-state index contributed by atoms with van der Waals surface area (Å²) < 4.78 is 22.0. The number of nitrogens with zero attached hydrogens (tertiary/aromatic N) is 2. The molecule has 0 aromatic carbocycles. The Hall–Kier alpha value is -1.40. The number of nitro groups is 2. The van der Waals surface area contributed by atoms with E-state index in [4.69, 9.17) is 24.1 Å². The first-order chi connectivity index (χ1) is 12.9. The summed E-state index contributed by atoms with van der Waals surface area (Å²) in [5, 5.41) is 30.5. The molecule has 11 heteroatoms. The highest BCUT2D eigenvalue weighted by molar-refractivity contribution is 4.75. The summed E-state index contributed by atoms with van der Waals surface area (Å²) in [5.74, 6) is 0.